The molecule has 0 aromatic heterocycles. The minimum atomic E-state index is -0.544. The van der Waals surface area contributed by atoms with Gasteiger partial charge in [-0.3, -0.25) is 9.59 Å². The van der Waals surface area contributed by atoms with Crippen molar-refractivity contribution in [2.75, 3.05) is 0 Å². The van der Waals surface area contributed by atoms with Crippen molar-refractivity contribution in [3.05, 3.63) is 35.4 Å². The molecule has 1 radical (unpaired) electrons. The number of rotatable bonds is 5. The first-order valence-corrected chi connectivity index (χ1v) is 5.78. The molecule has 0 unspecified atom stereocenters. The average Bonchev–Trinajstić information content (AvgIpc) is 2.29. The van der Waals surface area contributed by atoms with Crippen molar-refractivity contribution in [1.82, 2.24) is 5.32 Å². The lowest BCUT2D eigenvalue weighted by Crippen LogP contribution is -2.34. The number of nitrogens with one attached hydrogen (secondary N) is 1. The highest BCUT2D eigenvalue weighted by molar-refractivity contribution is 5.81. The topological polar surface area (TPSA) is 46.2 Å². The Kier molecular flexibility index (Phi) is 4.88. The molecule has 1 aromatic carbocycles. The Balaban J connectivity index is 2.57. The summed E-state index contributed by atoms with van der Waals surface area (Å²) in [5, 5.41) is 2.55. The fraction of sp³-hybridized carbons (Fsp3) is 0.429. The molecular weight excluding hydrogens is 214 g/mol. The lowest BCUT2D eigenvalue weighted by atomic mass is 10.0. The number of benzene rings is 1. The summed E-state index contributed by atoms with van der Waals surface area (Å²) in [7, 11) is 0. The van der Waals surface area contributed by atoms with Crippen molar-refractivity contribution in [3.8, 4) is 0 Å². The molecule has 0 fully saturated rings. The van der Waals surface area contributed by atoms with E-state index in [1.54, 1.807) is 13.2 Å². The highest BCUT2D eigenvalue weighted by atomic mass is 16.2. The van der Waals surface area contributed by atoms with Crippen LogP contribution in [0.2, 0.25) is 0 Å². The predicted molar refractivity (Wildman–Crippen MR) is 67.5 cm³/mol. The van der Waals surface area contributed by atoms with Crippen LogP contribution in [0, 0.1) is 0 Å². The van der Waals surface area contributed by atoms with Crippen LogP contribution < -0.4 is 5.32 Å². The van der Waals surface area contributed by atoms with Crippen LogP contribution in [0.25, 0.3) is 0 Å². The molecule has 17 heavy (non-hydrogen) atoms. The Morgan fingerprint density at radius 1 is 1.24 bits per heavy atom. The van der Waals surface area contributed by atoms with E-state index < -0.39 is 6.04 Å². The van der Waals surface area contributed by atoms with Gasteiger partial charge in [0.1, 0.15) is 0 Å². The number of amides is 1. The molecule has 0 spiro atoms. The average molecular weight is 232 g/mol. The molecule has 0 aliphatic rings. The summed E-state index contributed by atoms with van der Waals surface area (Å²) >= 11 is 0. The Hall–Kier alpha value is -1.64. The molecule has 3 nitrogen and oxygen atoms in total. The molecule has 1 aromatic rings. The van der Waals surface area contributed by atoms with Gasteiger partial charge in [0.2, 0.25) is 12.2 Å². The monoisotopic (exact) mass is 232 g/mol. The van der Waals surface area contributed by atoms with Crippen molar-refractivity contribution in [2.45, 2.75) is 39.2 Å². The van der Waals surface area contributed by atoms with Gasteiger partial charge in [0.15, 0.2) is 0 Å². The number of hydrogen-bond acceptors (Lipinski definition) is 2. The second kappa shape index (κ2) is 6.18. The van der Waals surface area contributed by atoms with Crippen LogP contribution in [0.3, 0.4) is 0 Å². The number of hydrogen-bond donors (Lipinski definition) is 1. The summed E-state index contributed by atoms with van der Waals surface area (Å²) < 4.78 is 0. The van der Waals surface area contributed by atoms with Crippen molar-refractivity contribution in [1.29, 1.82) is 0 Å². The van der Waals surface area contributed by atoms with Crippen molar-refractivity contribution in [3.63, 3.8) is 0 Å². The van der Waals surface area contributed by atoms with Gasteiger partial charge in [-0.15, -0.1) is 0 Å². The molecule has 0 bridgehead atoms. The zero-order chi connectivity index (χ0) is 12.8. The summed E-state index contributed by atoms with van der Waals surface area (Å²) in [4.78, 5) is 21.8. The Morgan fingerprint density at radius 3 is 2.29 bits per heavy atom. The highest BCUT2D eigenvalue weighted by Crippen LogP contribution is 2.14. The molecule has 0 heterocycles. The molecular formula is C14H18NO2. The van der Waals surface area contributed by atoms with E-state index in [2.05, 4.69) is 19.2 Å². The van der Waals surface area contributed by atoms with Crippen molar-refractivity contribution < 1.29 is 9.59 Å². The third-order valence-electron chi connectivity index (χ3n) is 2.57. The molecule has 1 amide bonds. The van der Waals surface area contributed by atoms with Gasteiger partial charge in [-0.1, -0.05) is 38.1 Å². The second-order valence-electron chi connectivity index (χ2n) is 4.48. The van der Waals surface area contributed by atoms with E-state index >= 15 is 0 Å². The maximum Gasteiger partial charge on any atom is 0.225 e. The van der Waals surface area contributed by atoms with E-state index in [-0.39, 0.29) is 5.91 Å². The second-order valence-corrected chi connectivity index (χ2v) is 4.48. The van der Waals surface area contributed by atoms with Gasteiger partial charge < -0.3 is 5.32 Å². The third-order valence-corrected chi connectivity index (χ3v) is 2.57. The van der Waals surface area contributed by atoms with E-state index in [9.17, 15) is 9.59 Å². The first kappa shape index (κ1) is 13.4. The van der Waals surface area contributed by atoms with Crippen molar-refractivity contribution in [2.24, 2.45) is 0 Å². The maximum absolute atomic E-state index is 11.5. The van der Waals surface area contributed by atoms with E-state index in [1.165, 1.54) is 5.56 Å². The van der Waals surface area contributed by atoms with Gasteiger partial charge in [-0.2, -0.15) is 0 Å². The van der Waals surface area contributed by atoms with Crippen LogP contribution in [-0.2, 0) is 16.0 Å². The summed E-state index contributed by atoms with van der Waals surface area (Å²) in [6.45, 7) is 5.86. The van der Waals surface area contributed by atoms with E-state index in [0.29, 0.717) is 12.3 Å². The fourth-order valence-electron chi connectivity index (χ4n) is 1.53. The molecule has 3 heteroatoms. The van der Waals surface area contributed by atoms with E-state index in [1.807, 2.05) is 24.3 Å². The van der Waals surface area contributed by atoms with Crippen LogP contribution in [0.5, 0.6) is 0 Å². The fourth-order valence-corrected chi connectivity index (χ4v) is 1.53. The molecule has 91 valence electrons. The largest absolute Gasteiger partial charge is 0.346 e. The lowest BCUT2D eigenvalue weighted by molar-refractivity contribution is -0.120. The Labute approximate surface area is 102 Å². The van der Waals surface area contributed by atoms with E-state index in [0.717, 1.165) is 5.56 Å². The lowest BCUT2D eigenvalue weighted by Gasteiger charge is -2.08. The van der Waals surface area contributed by atoms with E-state index in [4.69, 9.17) is 0 Å². The molecule has 0 saturated carbocycles. The first-order valence-electron chi connectivity index (χ1n) is 5.78. The summed E-state index contributed by atoms with van der Waals surface area (Å²) in [6.07, 6.45) is 2.02. The number of carbonyl (C=O) groups is 1. The summed E-state index contributed by atoms with van der Waals surface area (Å²) in [6, 6.07) is 7.41. The minimum Gasteiger partial charge on any atom is -0.346 e. The molecule has 1 N–H and O–H groups in total. The van der Waals surface area contributed by atoms with Crippen molar-refractivity contribution >= 4 is 12.2 Å². The number of carbonyl (C=O) groups excluding carboxylic acids is 2. The van der Waals surface area contributed by atoms with Gasteiger partial charge in [-0.25, -0.2) is 0 Å². The van der Waals surface area contributed by atoms with Crippen LogP contribution in [0.1, 0.15) is 37.8 Å². The normalized spacial score (nSPS) is 12.2. The SMILES string of the molecule is CC(C)c1ccc(CC(=O)N[C@@H](C)[C]=O)cc1. The van der Waals surface area contributed by atoms with Crippen LogP contribution in [0.4, 0.5) is 0 Å². The standard InChI is InChI=1S/C14H18NO2/c1-10(2)13-6-4-12(5-7-13)8-14(17)15-11(3)9-16/h4-7,10-11H,8H2,1-3H3,(H,15,17)/t11-/m0/s1. The quantitative estimate of drug-likeness (QED) is 0.843. The Morgan fingerprint density at radius 2 is 1.82 bits per heavy atom. The third kappa shape index (κ3) is 4.39. The molecule has 0 aliphatic heterocycles. The summed E-state index contributed by atoms with van der Waals surface area (Å²) in [5.74, 6) is 0.334. The molecule has 1 atom stereocenters. The van der Waals surface area contributed by atoms with Gasteiger partial charge in [0.05, 0.1) is 12.5 Å². The highest BCUT2D eigenvalue weighted by Gasteiger charge is 2.07. The molecule has 0 saturated heterocycles. The summed E-state index contributed by atoms with van der Waals surface area (Å²) in [5.41, 5.74) is 2.20. The van der Waals surface area contributed by atoms with Crippen LogP contribution in [0.15, 0.2) is 24.3 Å². The van der Waals surface area contributed by atoms with Gasteiger partial charge in [-0.05, 0) is 24.0 Å². The van der Waals surface area contributed by atoms with Gasteiger partial charge in [0, 0.05) is 0 Å². The zero-order valence-electron chi connectivity index (χ0n) is 10.5. The smallest absolute Gasteiger partial charge is 0.225 e. The van der Waals surface area contributed by atoms with Crippen LogP contribution in [-0.4, -0.2) is 18.2 Å². The first-order chi connectivity index (χ1) is 8.02. The van der Waals surface area contributed by atoms with Gasteiger partial charge >= 0.3 is 0 Å². The minimum absolute atomic E-state index is 0.154. The molecule has 0 aliphatic carbocycles. The Bertz CT molecular complexity index is 382. The molecule has 1 rings (SSSR count). The van der Waals surface area contributed by atoms with Gasteiger partial charge in [0.25, 0.3) is 0 Å². The van der Waals surface area contributed by atoms with Crippen LogP contribution >= 0.6 is 0 Å². The maximum atomic E-state index is 11.5. The zero-order valence-corrected chi connectivity index (χ0v) is 10.5. The predicted octanol–water partition coefficient (Wildman–Crippen LogP) is 1.97.